The fourth-order valence-electron chi connectivity index (χ4n) is 3.28. The number of hydrogen-bond donors (Lipinski definition) is 1. The van der Waals surface area contributed by atoms with Gasteiger partial charge in [0.05, 0.1) is 0 Å². The Labute approximate surface area is 107 Å². The van der Waals surface area contributed by atoms with Gasteiger partial charge in [-0.2, -0.15) is 0 Å². The fourth-order valence-corrected chi connectivity index (χ4v) is 3.28. The molecule has 0 spiro atoms. The molecule has 0 bridgehead atoms. The molecule has 0 saturated heterocycles. The van der Waals surface area contributed by atoms with Crippen molar-refractivity contribution in [1.82, 2.24) is 4.98 Å². The van der Waals surface area contributed by atoms with Crippen LogP contribution in [0.1, 0.15) is 47.4 Å². The number of carbonyl (C=O) groups excluding carboxylic acids is 1. The van der Waals surface area contributed by atoms with Crippen molar-refractivity contribution in [3.8, 4) is 0 Å². The van der Waals surface area contributed by atoms with E-state index in [1.165, 1.54) is 11.1 Å². The Morgan fingerprint density at radius 3 is 2.61 bits per heavy atom. The zero-order valence-corrected chi connectivity index (χ0v) is 11.5. The van der Waals surface area contributed by atoms with Gasteiger partial charge in [0.1, 0.15) is 0 Å². The summed E-state index contributed by atoms with van der Waals surface area (Å²) >= 11 is 0. The maximum atomic E-state index is 12.4. The van der Waals surface area contributed by atoms with Crippen LogP contribution in [0.5, 0.6) is 0 Å². The number of aryl methyl sites for hydroxylation is 2. The lowest BCUT2D eigenvalue weighted by Gasteiger charge is -2.28. The van der Waals surface area contributed by atoms with Crippen molar-refractivity contribution in [3.63, 3.8) is 0 Å². The second-order valence-electron chi connectivity index (χ2n) is 6.42. The van der Waals surface area contributed by atoms with Crippen molar-refractivity contribution in [2.75, 3.05) is 0 Å². The standard InChI is InChI=1S/C16H19NO/c1-9-5-10(2)14-11(6-9)17-12-7-16(3,4)8-13(18)15(12)14/h5-6,17H,7-8H2,1-4H3. The molecule has 0 radical (unpaired) electrons. The first-order valence-electron chi connectivity index (χ1n) is 6.52. The summed E-state index contributed by atoms with van der Waals surface area (Å²) in [6.07, 6.45) is 1.61. The molecule has 0 aliphatic heterocycles. The summed E-state index contributed by atoms with van der Waals surface area (Å²) in [6.45, 7) is 8.52. The molecule has 2 nitrogen and oxygen atoms in total. The van der Waals surface area contributed by atoms with Gasteiger partial charge in [0.15, 0.2) is 5.78 Å². The zero-order valence-electron chi connectivity index (χ0n) is 11.5. The number of hydrogen-bond acceptors (Lipinski definition) is 1. The molecule has 2 aromatic rings. The number of H-pyrrole nitrogens is 1. The molecule has 1 aliphatic carbocycles. The first-order chi connectivity index (χ1) is 8.37. The lowest BCUT2D eigenvalue weighted by molar-refractivity contribution is 0.0913. The van der Waals surface area contributed by atoms with Gasteiger partial charge in [-0.25, -0.2) is 0 Å². The highest BCUT2D eigenvalue weighted by Gasteiger charge is 2.33. The summed E-state index contributed by atoms with van der Waals surface area (Å²) in [6, 6.07) is 4.30. The number of Topliss-reactive ketones (excluding diaryl/α,β-unsaturated/α-hetero) is 1. The first kappa shape index (κ1) is 11.5. The maximum Gasteiger partial charge on any atom is 0.165 e. The van der Waals surface area contributed by atoms with E-state index < -0.39 is 0 Å². The number of aromatic amines is 1. The molecule has 0 fully saturated rings. The molecule has 1 aliphatic rings. The number of benzene rings is 1. The molecule has 1 heterocycles. The molecule has 0 unspecified atom stereocenters. The monoisotopic (exact) mass is 241 g/mol. The Morgan fingerprint density at radius 1 is 1.17 bits per heavy atom. The van der Waals surface area contributed by atoms with Crippen molar-refractivity contribution in [2.24, 2.45) is 5.41 Å². The number of fused-ring (bicyclic) bond motifs is 3. The Hall–Kier alpha value is -1.57. The van der Waals surface area contributed by atoms with Gasteiger partial charge >= 0.3 is 0 Å². The normalized spacial score (nSPS) is 18.1. The van der Waals surface area contributed by atoms with Gasteiger partial charge in [-0.05, 0) is 42.9 Å². The van der Waals surface area contributed by atoms with Gasteiger partial charge in [0.2, 0.25) is 0 Å². The Kier molecular flexibility index (Phi) is 2.22. The minimum absolute atomic E-state index is 0.0773. The molecular weight excluding hydrogens is 222 g/mol. The molecule has 2 heteroatoms. The summed E-state index contributed by atoms with van der Waals surface area (Å²) in [5, 5.41) is 1.14. The second kappa shape index (κ2) is 3.47. The van der Waals surface area contributed by atoms with Crippen LogP contribution in [0.2, 0.25) is 0 Å². The van der Waals surface area contributed by atoms with E-state index in [1.54, 1.807) is 0 Å². The third-order valence-corrected chi connectivity index (χ3v) is 3.89. The highest BCUT2D eigenvalue weighted by atomic mass is 16.1. The van der Waals surface area contributed by atoms with Gasteiger partial charge in [-0.3, -0.25) is 4.79 Å². The van der Waals surface area contributed by atoms with Gasteiger partial charge in [0, 0.05) is 28.6 Å². The lowest BCUT2D eigenvalue weighted by atomic mass is 9.75. The summed E-state index contributed by atoms with van der Waals surface area (Å²) in [7, 11) is 0. The topological polar surface area (TPSA) is 32.9 Å². The fraction of sp³-hybridized carbons (Fsp3) is 0.438. The molecule has 3 rings (SSSR count). The lowest BCUT2D eigenvalue weighted by Crippen LogP contribution is -2.26. The van der Waals surface area contributed by atoms with E-state index in [2.05, 4.69) is 44.8 Å². The van der Waals surface area contributed by atoms with Crippen LogP contribution in [-0.4, -0.2) is 10.8 Å². The van der Waals surface area contributed by atoms with E-state index >= 15 is 0 Å². The summed E-state index contributed by atoms with van der Waals surface area (Å²) < 4.78 is 0. The molecule has 1 N–H and O–H groups in total. The van der Waals surface area contributed by atoms with Gasteiger partial charge in [-0.1, -0.05) is 19.9 Å². The van der Waals surface area contributed by atoms with Gasteiger partial charge in [0.25, 0.3) is 0 Å². The maximum absolute atomic E-state index is 12.4. The molecular formula is C16H19NO. The van der Waals surface area contributed by atoms with E-state index in [1.807, 2.05) is 0 Å². The van der Waals surface area contributed by atoms with E-state index in [0.29, 0.717) is 12.2 Å². The van der Waals surface area contributed by atoms with Crippen LogP contribution >= 0.6 is 0 Å². The van der Waals surface area contributed by atoms with E-state index in [-0.39, 0.29) is 5.41 Å². The summed E-state index contributed by atoms with van der Waals surface area (Å²) in [4.78, 5) is 15.9. The average Bonchev–Trinajstić information content (AvgIpc) is 2.53. The van der Waals surface area contributed by atoms with Crippen LogP contribution < -0.4 is 0 Å². The molecule has 0 amide bonds. The SMILES string of the molecule is Cc1cc(C)c2c3c([nH]c2c1)CC(C)(C)CC3=O. The Bertz CT molecular complexity index is 661. The largest absolute Gasteiger partial charge is 0.358 e. The number of aromatic nitrogens is 1. The molecule has 1 aromatic carbocycles. The van der Waals surface area contributed by atoms with Gasteiger partial charge in [-0.15, -0.1) is 0 Å². The summed E-state index contributed by atoms with van der Waals surface area (Å²) in [5.41, 5.74) is 5.71. The molecule has 0 saturated carbocycles. The van der Waals surface area contributed by atoms with Crippen LogP contribution in [0.3, 0.4) is 0 Å². The van der Waals surface area contributed by atoms with Crippen LogP contribution in [-0.2, 0) is 6.42 Å². The number of ketones is 1. The van der Waals surface area contributed by atoms with Crippen molar-refractivity contribution >= 4 is 16.7 Å². The van der Waals surface area contributed by atoms with E-state index in [4.69, 9.17) is 0 Å². The second-order valence-corrected chi connectivity index (χ2v) is 6.42. The smallest absolute Gasteiger partial charge is 0.165 e. The van der Waals surface area contributed by atoms with Crippen LogP contribution in [0.4, 0.5) is 0 Å². The third-order valence-electron chi connectivity index (χ3n) is 3.89. The molecule has 94 valence electrons. The summed E-state index contributed by atoms with van der Waals surface area (Å²) in [5.74, 6) is 0.291. The molecule has 1 aromatic heterocycles. The van der Waals surface area contributed by atoms with E-state index in [0.717, 1.165) is 28.6 Å². The average molecular weight is 241 g/mol. The van der Waals surface area contributed by atoms with Gasteiger partial charge < -0.3 is 4.98 Å². The Morgan fingerprint density at radius 2 is 1.89 bits per heavy atom. The quantitative estimate of drug-likeness (QED) is 0.744. The van der Waals surface area contributed by atoms with Crippen LogP contribution in [0.25, 0.3) is 10.9 Å². The van der Waals surface area contributed by atoms with Crippen LogP contribution in [0, 0.1) is 19.3 Å². The third kappa shape index (κ3) is 1.59. The minimum Gasteiger partial charge on any atom is -0.358 e. The molecule has 18 heavy (non-hydrogen) atoms. The van der Waals surface area contributed by atoms with Crippen LogP contribution in [0.15, 0.2) is 12.1 Å². The van der Waals surface area contributed by atoms with E-state index in [9.17, 15) is 4.79 Å². The minimum atomic E-state index is 0.0773. The zero-order chi connectivity index (χ0) is 13.1. The van der Waals surface area contributed by atoms with Crippen molar-refractivity contribution < 1.29 is 4.79 Å². The predicted octanol–water partition coefficient (Wildman–Crippen LogP) is 3.94. The molecule has 0 atom stereocenters. The van der Waals surface area contributed by atoms with Crippen molar-refractivity contribution in [1.29, 1.82) is 0 Å². The highest BCUT2D eigenvalue weighted by molar-refractivity contribution is 6.11. The Balaban J connectivity index is 2.34. The predicted molar refractivity (Wildman–Crippen MR) is 74.2 cm³/mol. The number of nitrogens with one attached hydrogen (secondary N) is 1. The highest BCUT2D eigenvalue weighted by Crippen LogP contribution is 2.39. The van der Waals surface area contributed by atoms with Crippen molar-refractivity contribution in [3.05, 3.63) is 34.5 Å². The number of carbonyl (C=O) groups is 1. The first-order valence-corrected chi connectivity index (χ1v) is 6.52. The van der Waals surface area contributed by atoms with Crippen molar-refractivity contribution in [2.45, 2.75) is 40.5 Å². The number of rotatable bonds is 0.